The Morgan fingerprint density at radius 1 is 0.812 bits per heavy atom. The molecule has 0 aliphatic rings. The molecule has 0 heterocycles. The molecule has 0 aliphatic carbocycles. The van der Waals surface area contributed by atoms with E-state index < -0.39 is 8.32 Å². The molecule has 1 nitrogen and oxygen atoms in total. The molecule has 0 amide bonds. The summed E-state index contributed by atoms with van der Waals surface area (Å²) in [4.78, 5) is 0. The van der Waals surface area contributed by atoms with E-state index in [1.807, 2.05) is 0 Å². The maximum atomic E-state index is 6.00. The highest BCUT2D eigenvalue weighted by atomic mass is 28.4. The van der Waals surface area contributed by atoms with Crippen LogP contribution >= 0.6 is 0 Å². The summed E-state index contributed by atoms with van der Waals surface area (Å²) < 4.78 is 6.00. The van der Waals surface area contributed by atoms with Gasteiger partial charge in [-0.15, -0.1) is 0 Å². The SMILES string of the molecule is CC(C)[Si](O[SiH3])(C(C)C)C(C)C.CCCC. The standard InChI is InChI=1S/C9H24OSi2.C4H10/c1-7(2)12(10-11,8(3)4)9(5)6;1-3-4-2/h7-9H,1-6,11H3;3-4H2,1-2H3. The second-order valence-electron chi connectivity index (χ2n) is 5.52. The summed E-state index contributed by atoms with van der Waals surface area (Å²) in [5.41, 5.74) is 2.24. The van der Waals surface area contributed by atoms with Gasteiger partial charge in [-0.1, -0.05) is 68.2 Å². The van der Waals surface area contributed by atoms with Crippen molar-refractivity contribution in [2.45, 2.75) is 84.9 Å². The normalized spacial score (nSPS) is 12.2. The van der Waals surface area contributed by atoms with Gasteiger partial charge in [0.2, 0.25) is 0 Å². The number of rotatable bonds is 5. The number of unbranched alkanes of at least 4 members (excludes halogenated alkanes) is 1. The van der Waals surface area contributed by atoms with E-state index in [1.54, 1.807) is 0 Å². The first-order valence-electron chi connectivity index (χ1n) is 6.86. The van der Waals surface area contributed by atoms with Gasteiger partial charge in [0.05, 0.1) is 0 Å². The Bertz CT molecular complexity index is 132. The molecule has 0 saturated heterocycles. The van der Waals surface area contributed by atoms with Crippen LogP contribution in [0.5, 0.6) is 0 Å². The fourth-order valence-corrected chi connectivity index (χ4v) is 12.4. The van der Waals surface area contributed by atoms with Gasteiger partial charge in [0, 0.05) is 0 Å². The lowest BCUT2D eigenvalue weighted by Gasteiger charge is -2.41. The molecule has 0 aliphatic heterocycles. The summed E-state index contributed by atoms with van der Waals surface area (Å²) in [6, 6.07) is 0. The van der Waals surface area contributed by atoms with E-state index in [0.29, 0.717) is 0 Å². The molecular weight excluding hydrogens is 228 g/mol. The molecule has 0 atom stereocenters. The third kappa shape index (κ3) is 5.15. The van der Waals surface area contributed by atoms with Gasteiger partial charge in [0.1, 0.15) is 10.5 Å². The van der Waals surface area contributed by atoms with Crippen molar-refractivity contribution in [1.29, 1.82) is 0 Å². The van der Waals surface area contributed by atoms with Crippen LogP contribution in [0.2, 0.25) is 16.6 Å². The van der Waals surface area contributed by atoms with Crippen molar-refractivity contribution in [3.63, 3.8) is 0 Å². The zero-order chi connectivity index (χ0) is 13.4. The average molecular weight is 263 g/mol. The lowest BCUT2D eigenvalue weighted by Crippen LogP contribution is -2.47. The molecule has 16 heavy (non-hydrogen) atoms. The van der Waals surface area contributed by atoms with Crippen LogP contribution in [-0.4, -0.2) is 18.8 Å². The van der Waals surface area contributed by atoms with E-state index in [2.05, 4.69) is 55.4 Å². The average Bonchev–Trinajstić information content (AvgIpc) is 2.18. The molecule has 0 spiro atoms. The maximum absolute atomic E-state index is 6.00. The van der Waals surface area contributed by atoms with Crippen molar-refractivity contribution in [3.8, 4) is 0 Å². The Balaban J connectivity index is 0. The minimum absolute atomic E-state index is 0.745. The van der Waals surface area contributed by atoms with Gasteiger partial charge in [-0.3, -0.25) is 0 Å². The fourth-order valence-electron chi connectivity index (χ4n) is 2.71. The van der Waals surface area contributed by atoms with Gasteiger partial charge in [0.25, 0.3) is 0 Å². The maximum Gasteiger partial charge on any atom is 0.186 e. The topological polar surface area (TPSA) is 9.23 Å². The van der Waals surface area contributed by atoms with E-state index in [0.717, 1.165) is 27.1 Å². The minimum Gasteiger partial charge on any atom is -0.463 e. The largest absolute Gasteiger partial charge is 0.463 e. The summed E-state index contributed by atoms with van der Waals surface area (Å²) in [6.45, 7) is 18.3. The van der Waals surface area contributed by atoms with E-state index in [-0.39, 0.29) is 0 Å². The Morgan fingerprint density at radius 3 is 1.06 bits per heavy atom. The van der Waals surface area contributed by atoms with Crippen molar-refractivity contribution < 1.29 is 4.12 Å². The molecule has 0 N–H and O–H groups in total. The lowest BCUT2D eigenvalue weighted by atomic mass is 10.4. The Hall–Kier alpha value is 0.394. The summed E-state index contributed by atoms with van der Waals surface area (Å²) in [7, 11) is -0.538. The second-order valence-corrected chi connectivity index (χ2v) is 12.3. The smallest absolute Gasteiger partial charge is 0.186 e. The number of hydrogen-bond acceptors (Lipinski definition) is 1. The lowest BCUT2D eigenvalue weighted by molar-refractivity contribution is 0.519. The van der Waals surface area contributed by atoms with Crippen LogP contribution in [0.3, 0.4) is 0 Å². The third-order valence-corrected chi connectivity index (χ3v) is 11.8. The molecule has 0 aromatic heterocycles. The molecule has 0 saturated carbocycles. The Kier molecular flexibility index (Phi) is 11.0. The second kappa shape index (κ2) is 9.43. The van der Waals surface area contributed by atoms with Crippen LogP contribution in [0.1, 0.15) is 68.2 Å². The van der Waals surface area contributed by atoms with Gasteiger partial charge in [-0.05, 0) is 16.6 Å². The van der Waals surface area contributed by atoms with Crippen LogP contribution in [0.15, 0.2) is 0 Å². The zero-order valence-corrected chi connectivity index (χ0v) is 16.1. The Morgan fingerprint density at radius 2 is 1.06 bits per heavy atom. The highest BCUT2D eigenvalue weighted by Gasteiger charge is 2.43. The molecule has 100 valence electrons. The van der Waals surface area contributed by atoms with Crippen molar-refractivity contribution in [1.82, 2.24) is 0 Å². The van der Waals surface area contributed by atoms with Gasteiger partial charge < -0.3 is 4.12 Å². The molecule has 0 unspecified atom stereocenters. The first kappa shape index (κ1) is 18.8. The molecule has 0 aromatic carbocycles. The van der Waals surface area contributed by atoms with E-state index in [4.69, 9.17) is 4.12 Å². The van der Waals surface area contributed by atoms with E-state index in [9.17, 15) is 0 Å². The molecule has 0 aromatic rings. The van der Waals surface area contributed by atoms with Crippen LogP contribution in [0, 0.1) is 0 Å². The van der Waals surface area contributed by atoms with Crippen molar-refractivity contribution in [2.75, 3.05) is 0 Å². The number of hydrogen-bond donors (Lipinski definition) is 0. The highest BCUT2D eigenvalue weighted by molar-refractivity contribution is 6.79. The molecule has 0 bridgehead atoms. The van der Waals surface area contributed by atoms with Crippen LogP contribution in [0.4, 0.5) is 0 Å². The summed E-state index contributed by atoms with van der Waals surface area (Å²) in [5.74, 6) is 0. The molecular formula is C13H34OSi2. The van der Waals surface area contributed by atoms with Crippen molar-refractivity contribution in [2.24, 2.45) is 0 Å². The molecule has 0 rings (SSSR count). The highest BCUT2D eigenvalue weighted by Crippen LogP contribution is 2.41. The molecule has 0 fully saturated rings. The predicted molar refractivity (Wildman–Crippen MR) is 82.7 cm³/mol. The summed E-state index contributed by atoms with van der Waals surface area (Å²) >= 11 is 0. The van der Waals surface area contributed by atoms with E-state index >= 15 is 0 Å². The van der Waals surface area contributed by atoms with Crippen molar-refractivity contribution in [3.05, 3.63) is 0 Å². The van der Waals surface area contributed by atoms with Crippen LogP contribution in [0.25, 0.3) is 0 Å². The summed E-state index contributed by atoms with van der Waals surface area (Å²) in [6.07, 6.45) is 2.64. The quantitative estimate of drug-likeness (QED) is 0.673. The summed E-state index contributed by atoms with van der Waals surface area (Å²) in [5, 5.41) is 0. The predicted octanol–water partition coefficient (Wildman–Crippen LogP) is 4.27. The van der Waals surface area contributed by atoms with Gasteiger partial charge in [-0.25, -0.2) is 0 Å². The monoisotopic (exact) mass is 262 g/mol. The fraction of sp³-hybridized carbons (Fsp3) is 1.00. The third-order valence-electron chi connectivity index (χ3n) is 3.56. The Labute approximate surface area is 108 Å². The van der Waals surface area contributed by atoms with Gasteiger partial charge in [0.15, 0.2) is 8.32 Å². The first-order valence-corrected chi connectivity index (χ1v) is 9.81. The van der Waals surface area contributed by atoms with E-state index in [1.165, 1.54) is 12.8 Å². The minimum atomic E-state index is -1.44. The zero-order valence-electron chi connectivity index (χ0n) is 13.1. The van der Waals surface area contributed by atoms with Crippen LogP contribution < -0.4 is 0 Å². The van der Waals surface area contributed by atoms with Gasteiger partial charge >= 0.3 is 0 Å². The molecule has 3 heteroatoms. The van der Waals surface area contributed by atoms with Crippen LogP contribution in [-0.2, 0) is 4.12 Å². The van der Waals surface area contributed by atoms with Gasteiger partial charge in [-0.2, -0.15) is 0 Å². The first-order chi connectivity index (χ1) is 7.31. The van der Waals surface area contributed by atoms with Crippen molar-refractivity contribution >= 4 is 18.8 Å². The molecule has 0 radical (unpaired) electrons.